The Morgan fingerprint density at radius 2 is 2.38 bits per heavy atom. The minimum Gasteiger partial charge on any atom is -0.380 e. The van der Waals surface area contributed by atoms with Crippen LogP contribution >= 0.6 is 34.2 Å². The fourth-order valence-electron chi connectivity index (χ4n) is 1.04. The first-order valence-electron chi connectivity index (χ1n) is 4.86. The Balaban J connectivity index is 2.27. The van der Waals surface area contributed by atoms with Crippen molar-refractivity contribution in [3.05, 3.63) is 20.3 Å². The van der Waals surface area contributed by atoms with E-state index in [2.05, 4.69) is 15.3 Å². The molecule has 0 aromatic carbocycles. The molecule has 0 aliphatic heterocycles. The fourth-order valence-corrected chi connectivity index (χ4v) is 1.64. The number of halogens is 2. The predicted molar refractivity (Wildman–Crippen MR) is 72.2 cm³/mol. The van der Waals surface area contributed by atoms with E-state index in [1.165, 1.54) is 6.33 Å². The van der Waals surface area contributed by atoms with Gasteiger partial charge in [-0.25, -0.2) is 4.98 Å². The molecule has 0 saturated carbocycles. The maximum atomic E-state index is 11.2. The van der Waals surface area contributed by atoms with E-state index in [-0.39, 0.29) is 5.56 Å². The lowest BCUT2D eigenvalue weighted by Crippen LogP contribution is -2.16. The molecule has 2 N–H and O–H groups in total. The Morgan fingerprint density at radius 1 is 1.56 bits per heavy atom. The van der Waals surface area contributed by atoms with Gasteiger partial charge in [-0.3, -0.25) is 4.79 Å². The molecule has 0 atom stereocenters. The number of hydrogen-bond donors (Lipinski definition) is 2. The topological polar surface area (TPSA) is 67.0 Å². The van der Waals surface area contributed by atoms with Crippen LogP contribution in [-0.2, 0) is 4.74 Å². The van der Waals surface area contributed by atoms with Gasteiger partial charge in [0, 0.05) is 19.0 Å². The lowest BCUT2D eigenvalue weighted by molar-refractivity contribution is 0.149. The van der Waals surface area contributed by atoms with Crippen molar-refractivity contribution < 1.29 is 4.74 Å². The van der Waals surface area contributed by atoms with Gasteiger partial charge >= 0.3 is 0 Å². The molecule has 0 unspecified atom stereocenters. The minimum absolute atomic E-state index is 0.128. The van der Waals surface area contributed by atoms with E-state index in [4.69, 9.17) is 16.3 Å². The Kier molecular flexibility index (Phi) is 6.74. The van der Waals surface area contributed by atoms with E-state index in [0.717, 1.165) is 13.0 Å². The number of aromatic nitrogens is 2. The van der Waals surface area contributed by atoms with Crippen molar-refractivity contribution in [3.8, 4) is 0 Å². The number of anilines is 1. The molecule has 0 aliphatic rings. The quantitative estimate of drug-likeness (QED) is 0.440. The lowest BCUT2D eigenvalue weighted by atomic mass is 10.4. The van der Waals surface area contributed by atoms with Gasteiger partial charge in [0.1, 0.15) is 9.39 Å². The SMILES string of the molecule is O=c1[nH]cnc(NCCCOCCCl)c1I. The summed E-state index contributed by atoms with van der Waals surface area (Å²) in [5, 5.41) is 3.08. The van der Waals surface area contributed by atoms with Crippen LogP contribution in [0.4, 0.5) is 5.82 Å². The van der Waals surface area contributed by atoms with Crippen LogP contribution in [0.2, 0.25) is 0 Å². The van der Waals surface area contributed by atoms with Crippen LogP contribution in [0, 0.1) is 3.57 Å². The predicted octanol–water partition coefficient (Wildman–Crippen LogP) is 1.43. The monoisotopic (exact) mass is 357 g/mol. The number of ether oxygens (including phenoxy) is 1. The van der Waals surface area contributed by atoms with E-state index in [9.17, 15) is 4.79 Å². The highest BCUT2D eigenvalue weighted by Crippen LogP contribution is 2.08. The number of hydrogen-bond acceptors (Lipinski definition) is 4. The van der Waals surface area contributed by atoms with Gasteiger partial charge in [0.15, 0.2) is 0 Å². The van der Waals surface area contributed by atoms with Crippen LogP contribution in [0.15, 0.2) is 11.1 Å². The van der Waals surface area contributed by atoms with E-state index in [0.29, 0.717) is 28.5 Å². The second kappa shape index (κ2) is 7.86. The van der Waals surface area contributed by atoms with Crippen molar-refractivity contribution in [2.45, 2.75) is 6.42 Å². The summed E-state index contributed by atoms with van der Waals surface area (Å²) in [7, 11) is 0. The average molecular weight is 358 g/mol. The standard InChI is InChI=1S/C9H13ClIN3O2/c10-2-5-16-4-1-3-12-8-7(11)9(15)14-6-13-8/h6H,1-5H2,(H2,12,13,14,15). The lowest BCUT2D eigenvalue weighted by Gasteiger charge is -2.06. The zero-order valence-corrected chi connectivity index (χ0v) is 11.5. The molecular formula is C9H13ClIN3O2. The van der Waals surface area contributed by atoms with Gasteiger partial charge in [-0.15, -0.1) is 11.6 Å². The third-order valence-corrected chi connectivity index (χ3v) is 2.93. The van der Waals surface area contributed by atoms with Gasteiger partial charge in [0.05, 0.1) is 12.9 Å². The van der Waals surface area contributed by atoms with Crippen molar-refractivity contribution in [1.29, 1.82) is 0 Å². The van der Waals surface area contributed by atoms with Gasteiger partial charge < -0.3 is 15.0 Å². The number of alkyl halides is 1. The number of H-pyrrole nitrogens is 1. The second-order valence-electron chi connectivity index (χ2n) is 2.98. The van der Waals surface area contributed by atoms with Crippen molar-refractivity contribution in [2.75, 3.05) is 31.0 Å². The molecule has 0 fully saturated rings. The first-order valence-corrected chi connectivity index (χ1v) is 6.48. The number of nitrogens with one attached hydrogen (secondary N) is 2. The zero-order chi connectivity index (χ0) is 11.8. The fraction of sp³-hybridized carbons (Fsp3) is 0.556. The normalized spacial score (nSPS) is 10.4. The third kappa shape index (κ3) is 4.67. The molecule has 0 radical (unpaired) electrons. The molecule has 5 nitrogen and oxygen atoms in total. The highest BCUT2D eigenvalue weighted by molar-refractivity contribution is 14.1. The molecule has 1 heterocycles. The van der Waals surface area contributed by atoms with Gasteiger partial charge in [-0.2, -0.15) is 0 Å². The van der Waals surface area contributed by atoms with E-state index in [1.54, 1.807) is 0 Å². The maximum absolute atomic E-state index is 11.2. The summed E-state index contributed by atoms with van der Waals surface area (Å²) in [6.07, 6.45) is 2.23. The molecular weight excluding hydrogens is 344 g/mol. The molecule has 0 aliphatic carbocycles. The molecule has 1 aromatic rings. The maximum Gasteiger partial charge on any atom is 0.266 e. The highest BCUT2D eigenvalue weighted by Gasteiger charge is 2.03. The van der Waals surface area contributed by atoms with Crippen LogP contribution in [0.25, 0.3) is 0 Å². The Hall–Kier alpha value is -0.340. The molecule has 0 amide bonds. The van der Waals surface area contributed by atoms with Gasteiger partial charge in [0.2, 0.25) is 0 Å². The first-order chi connectivity index (χ1) is 7.75. The van der Waals surface area contributed by atoms with Crippen LogP contribution in [0.1, 0.15) is 6.42 Å². The van der Waals surface area contributed by atoms with Crippen LogP contribution < -0.4 is 10.9 Å². The summed E-state index contributed by atoms with van der Waals surface area (Å²) in [5.41, 5.74) is -0.128. The summed E-state index contributed by atoms with van der Waals surface area (Å²) < 4.78 is 5.78. The van der Waals surface area contributed by atoms with Crippen LogP contribution in [0.3, 0.4) is 0 Å². The third-order valence-electron chi connectivity index (χ3n) is 1.78. The van der Waals surface area contributed by atoms with Crippen molar-refractivity contribution in [1.82, 2.24) is 9.97 Å². The summed E-state index contributed by atoms with van der Waals surface area (Å²) >= 11 is 7.42. The summed E-state index contributed by atoms with van der Waals surface area (Å²) in [4.78, 5) is 17.8. The van der Waals surface area contributed by atoms with E-state index in [1.807, 2.05) is 22.6 Å². The van der Waals surface area contributed by atoms with Crippen LogP contribution in [-0.4, -0.2) is 35.6 Å². The van der Waals surface area contributed by atoms with Crippen molar-refractivity contribution in [3.63, 3.8) is 0 Å². The molecule has 90 valence electrons. The first kappa shape index (κ1) is 13.7. The highest BCUT2D eigenvalue weighted by atomic mass is 127. The summed E-state index contributed by atoms with van der Waals surface area (Å²) in [6, 6.07) is 0. The number of aromatic amines is 1. The second-order valence-corrected chi connectivity index (χ2v) is 4.43. The number of nitrogens with zero attached hydrogens (tertiary/aromatic N) is 1. The number of rotatable bonds is 7. The van der Waals surface area contributed by atoms with Crippen molar-refractivity contribution in [2.24, 2.45) is 0 Å². The Morgan fingerprint density at radius 3 is 3.12 bits per heavy atom. The Labute approximate surface area is 112 Å². The van der Waals surface area contributed by atoms with Gasteiger partial charge in [0.25, 0.3) is 5.56 Å². The summed E-state index contributed by atoms with van der Waals surface area (Å²) in [5.74, 6) is 1.13. The molecule has 0 spiro atoms. The molecule has 0 bridgehead atoms. The van der Waals surface area contributed by atoms with Crippen LogP contribution in [0.5, 0.6) is 0 Å². The largest absolute Gasteiger partial charge is 0.380 e. The molecule has 7 heteroatoms. The van der Waals surface area contributed by atoms with E-state index < -0.39 is 0 Å². The average Bonchev–Trinajstić information content (AvgIpc) is 2.29. The molecule has 1 aromatic heterocycles. The molecule has 16 heavy (non-hydrogen) atoms. The van der Waals surface area contributed by atoms with Gasteiger partial charge in [-0.05, 0) is 29.0 Å². The van der Waals surface area contributed by atoms with Gasteiger partial charge in [-0.1, -0.05) is 0 Å². The van der Waals surface area contributed by atoms with Crippen molar-refractivity contribution >= 4 is 40.0 Å². The van der Waals surface area contributed by atoms with E-state index >= 15 is 0 Å². The summed E-state index contributed by atoms with van der Waals surface area (Å²) in [6.45, 7) is 1.94. The smallest absolute Gasteiger partial charge is 0.266 e. The minimum atomic E-state index is -0.128. The Bertz CT molecular complexity index is 372. The molecule has 0 saturated heterocycles. The zero-order valence-electron chi connectivity index (χ0n) is 8.63. The molecule has 1 rings (SSSR count).